The molecular formula is C16H12FN3O3. The van der Waals surface area contributed by atoms with Gasteiger partial charge in [0.15, 0.2) is 11.5 Å². The van der Waals surface area contributed by atoms with Gasteiger partial charge >= 0.3 is 0 Å². The molecule has 3 heterocycles. The molecule has 7 heteroatoms. The Morgan fingerprint density at radius 3 is 2.78 bits per heavy atom. The summed E-state index contributed by atoms with van der Waals surface area (Å²) >= 11 is 0. The van der Waals surface area contributed by atoms with E-state index in [1.807, 2.05) is 6.07 Å². The van der Waals surface area contributed by atoms with Crippen molar-refractivity contribution in [3.05, 3.63) is 42.0 Å². The minimum Gasteiger partial charge on any atom is -0.486 e. The van der Waals surface area contributed by atoms with Crippen LogP contribution in [0.4, 0.5) is 4.39 Å². The van der Waals surface area contributed by atoms with Crippen molar-refractivity contribution in [3.63, 3.8) is 0 Å². The summed E-state index contributed by atoms with van der Waals surface area (Å²) in [5, 5.41) is 3.96. The molecular weight excluding hydrogens is 301 g/mol. The van der Waals surface area contributed by atoms with E-state index in [1.54, 1.807) is 19.1 Å². The average Bonchev–Trinajstić information content (AvgIpc) is 3.06. The van der Waals surface area contributed by atoms with Gasteiger partial charge in [-0.15, -0.1) is 0 Å². The second-order valence-corrected chi connectivity index (χ2v) is 5.10. The van der Waals surface area contributed by atoms with E-state index in [4.69, 9.17) is 14.0 Å². The Labute approximate surface area is 130 Å². The molecule has 0 atom stereocenters. The summed E-state index contributed by atoms with van der Waals surface area (Å²) in [6.45, 7) is 2.84. The number of ether oxygens (including phenoxy) is 2. The molecule has 0 radical (unpaired) electrons. The summed E-state index contributed by atoms with van der Waals surface area (Å²) in [6.07, 6.45) is 1.43. The molecule has 1 aliphatic heterocycles. The first-order chi connectivity index (χ1) is 11.2. The molecule has 0 unspecified atom stereocenters. The van der Waals surface area contributed by atoms with Crippen LogP contribution < -0.4 is 9.47 Å². The normalized spacial score (nSPS) is 13.1. The molecule has 2 aromatic heterocycles. The van der Waals surface area contributed by atoms with E-state index in [2.05, 4.69) is 15.1 Å². The van der Waals surface area contributed by atoms with Crippen molar-refractivity contribution in [2.75, 3.05) is 13.2 Å². The molecule has 0 saturated carbocycles. The summed E-state index contributed by atoms with van der Waals surface area (Å²) in [4.78, 5) is 7.92. The van der Waals surface area contributed by atoms with Gasteiger partial charge in [-0.05, 0) is 30.7 Å². The van der Waals surface area contributed by atoms with Gasteiger partial charge in [0.1, 0.15) is 13.2 Å². The number of pyridine rings is 1. The zero-order valence-corrected chi connectivity index (χ0v) is 12.2. The fourth-order valence-corrected chi connectivity index (χ4v) is 2.36. The average molecular weight is 313 g/mol. The van der Waals surface area contributed by atoms with E-state index in [0.29, 0.717) is 36.1 Å². The van der Waals surface area contributed by atoms with Crippen LogP contribution in [-0.4, -0.2) is 28.3 Å². The summed E-state index contributed by atoms with van der Waals surface area (Å²) in [6, 6.07) is 6.69. The molecule has 1 aromatic carbocycles. The summed E-state index contributed by atoms with van der Waals surface area (Å²) in [5.74, 6) is 1.38. The van der Waals surface area contributed by atoms with E-state index in [-0.39, 0.29) is 5.89 Å². The number of hydrogen-bond donors (Lipinski definition) is 0. The maximum atomic E-state index is 13.3. The number of halogens is 1. The highest BCUT2D eigenvalue weighted by Gasteiger charge is 2.17. The van der Waals surface area contributed by atoms with Gasteiger partial charge in [-0.1, -0.05) is 5.16 Å². The van der Waals surface area contributed by atoms with Crippen molar-refractivity contribution in [1.82, 2.24) is 15.1 Å². The molecule has 0 aliphatic carbocycles. The van der Waals surface area contributed by atoms with Crippen LogP contribution in [0, 0.1) is 12.9 Å². The first-order valence-electron chi connectivity index (χ1n) is 7.07. The van der Waals surface area contributed by atoms with Crippen LogP contribution in [0.3, 0.4) is 0 Å². The number of nitrogens with zero attached hydrogens (tertiary/aromatic N) is 3. The molecule has 3 aromatic rings. The first kappa shape index (κ1) is 13.7. The van der Waals surface area contributed by atoms with Crippen molar-refractivity contribution in [3.8, 4) is 34.3 Å². The Balaban J connectivity index is 1.72. The molecule has 23 heavy (non-hydrogen) atoms. The summed E-state index contributed by atoms with van der Waals surface area (Å²) in [7, 11) is 0. The highest BCUT2D eigenvalue weighted by molar-refractivity contribution is 5.64. The number of aryl methyl sites for hydroxylation is 1. The minimum absolute atomic E-state index is 0.244. The van der Waals surface area contributed by atoms with Crippen LogP contribution in [0.2, 0.25) is 0 Å². The van der Waals surface area contributed by atoms with Crippen molar-refractivity contribution in [2.24, 2.45) is 0 Å². The van der Waals surface area contributed by atoms with Gasteiger partial charge in [-0.2, -0.15) is 9.37 Å². The zero-order valence-electron chi connectivity index (χ0n) is 12.2. The second kappa shape index (κ2) is 5.35. The van der Waals surface area contributed by atoms with E-state index >= 15 is 0 Å². The topological polar surface area (TPSA) is 70.3 Å². The Hall–Kier alpha value is -2.96. The van der Waals surface area contributed by atoms with Gasteiger partial charge in [0, 0.05) is 23.4 Å². The van der Waals surface area contributed by atoms with Crippen molar-refractivity contribution in [2.45, 2.75) is 6.92 Å². The molecule has 0 fully saturated rings. The van der Waals surface area contributed by atoms with E-state index in [1.165, 1.54) is 12.3 Å². The second-order valence-electron chi connectivity index (χ2n) is 5.10. The standard InChI is InChI=1S/C16H12FN3O3/c1-9-8-18-14(17)7-11(9)16-19-15(20-23-16)10-2-3-12-13(6-10)22-5-4-21-12/h2-3,6-8H,4-5H2,1H3. The molecule has 0 amide bonds. The third-order valence-corrected chi connectivity index (χ3v) is 3.53. The maximum Gasteiger partial charge on any atom is 0.258 e. The largest absolute Gasteiger partial charge is 0.486 e. The monoisotopic (exact) mass is 313 g/mol. The predicted molar refractivity (Wildman–Crippen MR) is 78.7 cm³/mol. The van der Waals surface area contributed by atoms with Gasteiger partial charge < -0.3 is 14.0 Å². The Morgan fingerprint density at radius 2 is 1.91 bits per heavy atom. The molecule has 0 bridgehead atoms. The Morgan fingerprint density at radius 1 is 1.09 bits per heavy atom. The minimum atomic E-state index is -0.593. The fourth-order valence-electron chi connectivity index (χ4n) is 2.36. The number of fused-ring (bicyclic) bond motifs is 1. The van der Waals surface area contributed by atoms with Crippen LogP contribution >= 0.6 is 0 Å². The van der Waals surface area contributed by atoms with Crippen LogP contribution in [0.15, 0.2) is 35.0 Å². The van der Waals surface area contributed by atoms with E-state index in [9.17, 15) is 4.39 Å². The van der Waals surface area contributed by atoms with Crippen LogP contribution in [-0.2, 0) is 0 Å². The number of hydrogen-bond acceptors (Lipinski definition) is 6. The molecule has 116 valence electrons. The van der Waals surface area contributed by atoms with Gasteiger partial charge in [-0.3, -0.25) is 0 Å². The molecule has 1 aliphatic rings. The van der Waals surface area contributed by atoms with Gasteiger partial charge in [0.2, 0.25) is 11.8 Å². The predicted octanol–water partition coefficient (Wildman–Crippen LogP) is 3.02. The number of benzene rings is 1. The van der Waals surface area contributed by atoms with E-state index < -0.39 is 5.95 Å². The first-order valence-corrected chi connectivity index (χ1v) is 7.07. The third kappa shape index (κ3) is 2.50. The SMILES string of the molecule is Cc1cnc(F)cc1-c1nc(-c2ccc3c(c2)OCCO3)no1. The maximum absolute atomic E-state index is 13.3. The fraction of sp³-hybridized carbons (Fsp3) is 0.188. The summed E-state index contributed by atoms with van der Waals surface area (Å²) < 4.78 is 29.6. The lowest BCUT2D eigenvalue weighted by atomic mass is 10.1. The molecule has 0 spiro atoms. The third-order valence-electron chi connectivity index (χ3n) is 3.53. The van der Waals surface area contributed by atoms with Gasteiger partial charge in [0.25, 0.3) is 5.89 Å². The lowest BCUT2D eigenvalue weighted by Crippen LogP contribution is -2.15. The van der Waals surface area contributed by atoms with Gasteiger partial charge in [-0.25, -0.2) is 4.98 Å². The van der Waals surface area contributed by atoms with E-state index in [0.717, 1.165) is 11.1 Å². The number of aromatic nitrogens is 3. The molecule has 0 N–H and O–H groups in total. The lowest BCUT2D eigenvalue weighted by molar-refractivity contribution is 0.171. The van der Waals surface area contributed by atoms with Crippen molar-refractivity contribution in [1.29, 1.82) is 0 Å². The lowest BCUT2D eigenvalue weighted by Gasteiger charge is -2.18. The molecule has 4 rings (SSSR count). The highest BCUT2D eigenvalue weighted by Crippen LogP contribution is 2.34. The van der Waals surface area contributed by atoms with Crippen LogP contribution in [0.1, 0.15) is 5.56 Å². The molecule has 0 saturated heterocycles. The van der Waals surface area contributed by atoms with Crippen molar-refractivity contribution < 1.29 is 18.4 Å². The summed E-state index contributed by atoms with van der Waals surface area (Å²) in [5.41, 5.74) is 2.01. The van der Waals surface area contributed by atoms with Crippen LogP contribution in [0.25, 0.3) is 22.8 Å². The Bertz CT molecular complexity index is 879. The highest BCUT2D eigenvalue weighted by atomic mass is 19.1. The number of rotatable bonds is 2. The van der Waals surface area contributed by atoms with Crippen LogP contribution in [0.5, 0.6) is 11.5 Å². The van der Waals surface area contributed by atoms with Crippen molar-refractivity contribution >= 4 is 0 Å². The quantitative estimate of drug-likeness (QED) is 0.677. The Kier molecular flexibility index (Phi) is 3.18. The zero-order chi connectivity index (χ0) is 15.8. The van der Waals surface area contributed by atoms with Gasteiger partial charge in [0.05, 0.1) is 0 Å². The smallest absolute Gasteiger partial charge is 0.258 e. The molecule has 6 nitrogen and oxygen atoms in total.